The lowest BCUT2D eigenvalue weighted by Gasteiger charge is -2.36. The minimum atomic E-state index is -4.53. The average molecular weight is 419 g/mol. The number of ether oxygens (including phenoxy) is 1. The molecule has 30 heavy (non-hydrogen) atoms. The first-order valence-electron chi connectivity index (χ1n) is 10.6. The molecule has 2 saturated carbocycles. The van der Waals surface area contributed by atoms with Crippen molar-refractivity contribution in [1.29, 1.82) is 0 Å². The zero-order valence-electron chi connectivity index (χ0n) is 16.5. The van der Waals surface area contributed by atoms with Crippen molar-refractivity contribution >= 4 is 5.82 Å². The van der Waals surface area contributed by atoms with Crippen molar-refractivity contribution in [2.75, 3.05) is 32.0 Å². The molecular weight excluding hydrogens is 395 g/mol. The third-order valence-corrected chi connectivity index (χ3v) is 7.13. The first kappa shape index (κ1) is 18.6. The zero-order chi connectivity index (χ0) is 20.6. The van der Waals surface area contributed by atoms with E-state index in [0.29, 0.717) is 41.1 Å². The van der Waals surface area contributed by atoms with Crippen molar-refractivity contribution in [3.05, 3.63) is 29.8 Å². The maximum absolute atomic E-state index is 13.3. The molecular formula is C21H24F3N5O. The van der Waals surface area contributed by atoms with Crippen molar-refractivity contribution in [3.63, 3.8) is 0 Å². The predicted octanol–water partition coefficient (Wildman–Crippen LogP) is 3.00. The number of hydrogen-bond donors (Lipinski definition) is 1. The van der Waals surface area contributed by atoms with E-state index in [0.717, 1.165) is 44.6 Å². The molecule has 0 radical (unpaired) electrons. The van der Waals surface area contributed by atoms with Crippen molar-refractivity contribution in [1.82, 2.24) is 19.4 Å². The number of nitrogens with zero attached hydrogens (tertiary/aromatic N) is 4. The lowest BCUT2D eigenvalue weighted by atomic mass is 10.1. The Morgan fingerprint density at radius 1 is 1.17 bits per heavy atom. The monoisotopic (exact) mass is 419 g/mol. The molecule has 9 heteroatoms. The van der Waals surface area contributed by atoms with Crippen LogP contribution in [0.25, 0.3) is 11.3 Å². The number of pyridine rings is 1. The molecule has 2 aromatic heterocycles. The molecule has 2 unspecified atom stereocenters. The highest BCUT2D eigenvalue weighted by Gasteiger charge is 2.58. The van der Waals surface area contributed by atoms with Crippen molar-refractivity contribution in [3.8, 4) is 11.3 Å². The number of rotatable bonds is 5. The lowest BCUT2D eigenvalue weighted by molar-refractivity contribution is -0.137. The predicted molar refractivity (Wildman–Crippen MR) is 103 cm³/mol. The first-order valence-corrected chi connectivity index (χ1v) is 10.6. The van der Waals surface area contributed by atoms with E-state index in [1.165, 1.54) is 19.0 Å². The second-order valence-corrected chi connectivity index (χ2v) is 9.22. The summed E-state index contributed by atoms with van der Waals surface area (Å²) >= 11 is 0. The summed E-state index contributed by atoms with van der Waals surface area (Å²) < 4.78 is 47.4. The van der Waals surface area contributed by atoms with Gasteiger partial charge in [-0.3, -0.25) is 4.90 Å². The summed E-state index contributed by atoms with van der Waals surface area (Å²) in [6.07, 6.45) is 2.10. The molecule has 2 aliphatic carbocycles. The Labute approximate surface area is 172 Å². The third kappa shape index (κ3) is 3.10. The Morgan fingerprint density at radius 3 is 2.50 bits per heavy atom. The summed E-state index contributed by atoms with van der Waals surface area (Å²) in [4.78, 5) is 11.1. The summed E-state index contributed by atoms with van der Waals surface area (Å²) in [5.74, 6) is 2.34. The van der Waals surface area contributed by atoms with Gasteiger partial charge in [0.1, 0.15) is 11.6 Å². The van der Waals surface area contributed by atoms with Crippen molar-refractivity contribution < 1.29 is 17.9 Å². The smallest absolute Gasteiger partial charge is 0.383 e. The van der Waals surface area contributed by atoms with Crippen LogP contribution in [-0.2, 0) is 17.3 Å². The van der Waals surface area contributed by atoms with Gasteiger partial charge in [0.05, 0.1) is 30.5 Å². The number of alkyl halides is 3. The van der Waals surface area contributed by atoms with Gasteiger partial charge in [0, 0.05) is 43.5 Å². The number of aromatic nitrogens is 3. The second-order valence-electron chi connectivity index (χ2n) is 9.22. The number of piperidine rings is 1. The van der Waals surface area contributed by atoms with E-state index in [4.69, 9.17) is 15.5 Å². The number of anilines is 1. The quantitative estimate of drug-likeness (QED) is 0.807. The molecule has 6 nitrogen and oxygen atoms in total. The molecule has 4 aliphatic rings. The van der Waals surface area contributed by atoms with Crippen molar-refractivity contribution in [2.45, 2.75) is 37.5 Å². The zero-order valence-corrected chi connectivity index (χ0v) is 16.5. The number of nitrogen functional groups attached to an aromatic ring is 1. The fourth-order valence-electron chi connectivity index (χ4n) is 5.08. The summed E-state index contributed by atoms with van der Waals surface area (Å²) in [6.45, 7) is 3.80. The second kappa shape index (κ2) is 6.43. The lowest BCUT2D eigenvalue weighted by Crippen LogP contribution is -2.49. The van der Waals surface area contributed by atoms with E-state index >= 15 is 0 Å². The van der Waals surface area contributed by atoms with Crippen LogP contribution in [0, 0.1) is 17.8 Å². The minimum absolute atomic E-state index is 0.367. The van der Waals surface area contributed by atoms with Crippen LogP contribution in [-0.4, -0.2) is 51.8 Å². The van der Waals surface area contributed by atoms with E-state index in [-0.39, 0.29) is 0 Å². The highest BCUT2D eigenvalue weighted by molar-refractivity contribution is 5.62. The molecule has 2 aromatic rings. The number of imidazole rings is 1. The topological polar surface area (TPSA) is 69.2 Å². The molecule has 0 spiro atoms. The fourth-order valence-corrected chi connectivity index (χ4v) is 5.08. The van der Waals surface area contributed by atoms with Gasteiger partial charge in [0.15, 0.2) is 0 Å². The SMILES string of the molecule is Nc1ncc(-c2cn(C3C4CN(C5COC5)CC43)c(CC3CC3)n2)cc1C(F)(F)F. The maximum Gasteiger partial charge on any atom is 0.419 e. The normalized spacial score (nSPS) is 29.1. The molecule has 4 heterocycles. The van der Waals surface area contributed by atoms with E-state index < -0.39 is 17.6 Å². The van der Waals surface area contributed by atoms with Gasteiger partial charge in [0.25, 0.3) is 0 Å². The largest absolute Gasteiger partial charge is 0.419 e. The van der Waals surface area contributed by atoms with Crippen LogP contribution < -0.4 is 5.73 Å². The molecule has 0 amide bonds. The molecule has 2 saturated heterocycles. The van der Waals surface area contributed by atoms with Crippen LogP contribution >= 0.6 is 0 Å². The number of hydrogen-bond acceptors (Lipinski definition) is 5. The Balaban J connectivity index is 1.29. The van der Waals surface area contributed by atoms with E-state index in [1.54, 1.807) is 0 Å². The van der Waals surface area contributed by atoms with Gasteiger partial charge >= 0.3 is 6.18 Å². The highest BCUT2D eigenvalue weighted by atomic mass is 19.4. The van der Waals surface area contributed by atoms with Gasteiger partial charge in [0.2, 0.25) is 0 Å². The number of nitrogens with two attached hydrogens (primary N) is 1. The molecule has 160 valence electrons. The molecule has 6 rings (SSSR count). The maximum atomic E-state index is 13.3. The molecule has 0 bridgehead atoms. The third-order valence-electron chi connectivity index (χ3n) is 7.13. The van der Waals surface area contributed by atoms with Crippen LogP contribution in [0.3, 0.4) is 0 Å². The van der Waals surface area contributed by atoms with E-state index in [2.05, 4.69) is 14.5 Å². The Morgan fingerprint density at radius 2 is 1.90 bits per heavy atom. The summed E-state index contributed by atoms with van der Waals surface area (Å²) in [5.41, 5.74) is 5.48. The fraction of sp³-hybridized carbons (Fsp3) is 0.619. The Bertz CT molecular complexity index is 970. The summed E-state index contributed by atoms with van der Waals surface area (Å²) in [6, 6.07) is 2.03. The van der Waals surface area contributed by atoms with Gasteiger partial charge in [-0.2, -0.15) is 13.2 Å². The molecule has 0 aromatic carbocycles. The molecule has 4 fully saturated rings. The van der Waals surface area contributed by atoms with Crippen LogP contribution in [0.1, 0.15) is 30.3 Å². The van der Waals surface area contributed by atoms with Crippen LogP contribution in [0.15, 0.2) is 18.5 Å². The highest BCUT2D eigenvalue weighted by Crippen LogP contribution is 2.56. The van der Waals surface area contributed by atoms with Gasteiger partial charge in [-0.1, -0.05) is 0 Å². The van der Waals surface area contributed by atoms with Crippen LogP contribution in [0.5, 0.6) is 0 Å². The average Bonchev–Trinajstić information content (AvgIpc) is 3.48. The molecule has 2 aliphatic heterocycles. The number of likely N-dealkylation sites (tertiary alicyclic amines) is 1. The first-order chi connectivity index (χ1) is 14.4. The van der Waals surface area contributed by atoms with Gasteiger partial charge in [-0.05, 0) is 36.7 Å². The number of fused-ring (bicyclic) bond motifs is 1. The van der Waals surface area contributed by atoms with E-state index in [1.807, 2.05) is 6.20 Å². The van der Waals surface area contributed by atoms with Crippen LogP contribution in [0.2, 0.25) is 0 Å². The van der Waals surface area contributed by atoms with Gasteiger partial charge < -0.3 is 15.0 Å². The Hall–Kier alpha value is -2.13. The minimum Gasteiger partial charge on any atom is -0.383 e. The Kier molecular flexibility index (Phi) is 3.99. The summed E-state index contributed by atoms with van der Waals surface area (Å²) in [5, 5.41) is 0. The molecule has 2 N–H and O–H groups in total. The van der Waals surface area contributed by atoms with Crippen LogP contribution in [0.4, 0.5) is 19.0 Å². The van der Waals surface area contributed by atoms with Gasteiger partial charge in [-0.15, -0.1) is 0 Å². The number of halogens is 3. The van der Waals surface area contributed by atoms with Gasteiger partial charge in [-0.25, -0.2) is 9.97 Å². The standard InChI is InChI=1S/C21H24F3N5O/c22-21(23,24)16-4-12(5-26-20(16)25)17-8-29(18(27-17)3-11-1-2-11)19-14-6-28(7-15(14)19)13-9-30-10-13/h4-5,8,11,13-15,19H,1-3,6-7,9-10H2,(H2,25,26). The molecule has 2 atom stereocenters. The van der Waals surface area contributed by atoms with E-state index in [9.17, 15) is 13.2 Å². The van der Waals surface area contributed by atoms with Crippen molar-refractivity contribution in [2.24, 2.45) is 17.8 Å². The summed E-state index contributed by atoms with van der Waals surface area (Å²) in [7, 11) is 0.